The Morgan fingerprint density at radius 2 is 1.03 bits per heavy atom. The van der Waals surface area contributed by atoms with Crippen molar-refractivity contribution in [3.63, 3.8) is 0 Å². The van der Waals surface area contributed by atoms with Crippen molar-refractivity contribution in [1.82, 2.24) is 4.57 Å². The lowest BCUT2D eigenvalue weighted by molar-refractivity contribution is 1.18. The number of fused-ring (bicyclic) bond motifs is 7. The smallest absolute Gasteiger partial charge is 0.0547 e. The van der Waals surface area contributed by atoms with Crippen LogP contribution >= 0.6 is 0 Å². The first kappa shape index (κ1) is 20.9. The van der Waals surface area contributed by atoms with E-state index < -0.39 is 0 Å². The molecule has 0 N–H and O–H groups in total. The molecule has 0 saturated carbocycles. The van der Waals surface area contributed by atoms with Gasteiger partial charge in [-0.1, -0.05) is 97.1 Å². The van der Waals surface area contributed by atoms with Gasteiger partial charge >= 0.3 is 0 Å². The van der Waals surface area contributed by atoms with Crippen molar-refractivity contribution in [3.05, 3.63) is 140 Å². The molecule has 0 unspecified atom stereocenters. The molecular weight excluding hydrogens is 470 g/mol. The summed E-state index contributed by atoms with van der Waals surface area (Å²) in [5, 5.41) is 7.79. The number of benzene rings is 7. The third kappa shape index (κ3) is 2.90. The lowest BCUT2D eigenvalue weighted by Crippen LogP contribution is -1.94. The molecule has 0 saturated heterocycles. The molecule has 39 heavy (non-hydrogen) atoms. The molecule has 0 bridgehead atoms. The summed E-state index contributed by atoms with van der Waals surface area (Å²) < 4.78 is 2.41. The van der Waals surface area contributed by atoms with Crippen LogP contribution in [0.4, 0.5) is 0 Å². The summed E-state index contributed by atoms with van der Waals surface area (Å²) in [4.78, 5) is 0. The summed E-state index contributed by atoms with van der Waals surface area (Å²) >= 11 is 0. The maximum atomic E-state index is 2.41. The first-order valence-electron chi connectivity index (χ1n) is 13.5. The Morgan fingerprint density at radius 3 is 1.87 bits per heavy atom. The van der Waals surface area contributed by atoms with Gasteiger partial charge in [-0.2, -0.15) is 0 Å². The Balaban J connectivity index is 1.23. The van der Waals surface area contributed by atoms with Crippen LogP contribution < -0.4 is 0 Å². The van der Waals surface area contributed by atoms with Gasteiger partial charge in [0.1, 0.15) is 0 Å². The van der Waals surface area contributed by atoms with Crippen molar-refractivity contribution in [2.75, 3.05) is 0 Å². The maximum absolute atomic E-state index is 2.41. The first-order chi connectivity index (χ1) is 19.3. The Bertz CT molecular complexity index is 2260. The van der Waals surface area contributed by atoms with Crippen LogP contribution in [0.5, 0.6) is 0 Å². The zero-order valence-corrected chi connectivity index (χ0v) is 21.2. The van der Waals surface area contributed by atoms with Crippen molar-refractivity contribution in [2.24, 2.45) is 0 Å². The van der Waals surface area contributed by atoms with Crippen molar-refractivity contribution in [2.45, 2.75) is 0 Å². The van der Waals surface area contributed by atoms with E-state index in [0.717, 1.165) is 0 Å². The van der Waals surface area contributed by atoms with Crippen molar-refractivity contribution < 1.29 is 0 Å². The zero-order chi connectivity index (χ0) is 25.5. The zero-order valence-electron chi connectivity index (χ0n) is 21.2. The monoisotopic (exact) mass is 493 g/mol. The van der Waals surface area contributed by atoms with Crippen LogP contribution in [0.3, 0.4) is 0 Å². The molecule has 0 aliphatic heterocycles. The largest absolute Gasteiger partial charge is 0.309 e. The molecule has 1 aliphatic rings. The van der Waals surface area contributed by atoms with Crippen molar-refractivity contribution >= 4 is 43.4 Å². The third-order valence-corrected chi connectivity index (χ3v) is 8.48. The summed E-state index contributed by atoms with van der Waals surface area (Å²) in [6.45, 7) is 0. The fraction of sp³-hybridized carbons (Fsp3) is 0. The maximum Gasteiger partial charge on any atom is 0.0547 e. The molecule has 1 aromatic heterocycles. The topological polar surface area (TPSA) is 4.93 Å². The summed E-state index contributed by atoms with van der Waals surface area (Å²) in [6.07, 6.45) is 0. The van der Waals surface area contributed by atoms with E-state index in [1.807, 2.05) is 0 Å². The third-order valence-electron chi connectivity index (χ3n) is 8.48. The van der Waals surface area contributed by atoms with Gasteiger partial charge in [-0.15, -0.1) is 0 Å². The lowest BCUT2D eigenvalue weighted by Gasteiger charge is -2.11. The van der Waals surface area contributed by atoms with Crippen LogP contribution in [-0.4, -0.2) is 4.57 Å². The van der Waals surface area contributed by atoms with Crippen LogP contribution in [0, 0.1) is 0 Å². The minimum Gasteiger partial charge on any atom is -0.309 e. The van der Waals surface area contributed by atoms with Crippen LogP contribution in [0.1, 0.15) is 0 Å². The number of aromatic nitrogens is 1. The second-order valence-corrected chi connectivity index (χ2v) is 10.6. The van der Waals surface area contributed by atoms with Crippen LogP contribution in [-0.2, 0) is 0 Å². The van der Waals surface area contributed by atoms with E-state index in [0.29, 0.717) is 0 Å². The number of rotatable bonds is 2. The number of hydrogen-bond acceptors (Lipinski definition) is 0. The van der Waals surface area contributed by atoms with Crippen LogP contribution in [0.2, 0.25) is 0 Å². The molecule has 8 aromatic rings. The average Bonchev–Trinajstić information content (AvgIpc) is 3.50. The molecule has 0 fully saturated rings. The molecule has 1 heteroatoms. The number of para-hydroxylation sites is 1. The molecule has 7 aromatic carbocycles. The Hall–Kier alpha value is -5.14. The van der Waals surface area contributed by atoms with Gasteiger partial charge in [0.25, 0.3) is 0 Å². The van der Waals surface area contributed by atoms with E-state index in [4.69, 9.17) is 0 Å². The normalized spacial score (nSPS) is 12.1. The fourth-order valence-corrected chi connectivity index (χ4v) is 6.72. The average molecular weight is 494 g/mol. The van der Waals surface area contributed by atoms with E-state index >= 15 is 0 Å². The molecule has 0 radical (unpaired) electrons. The molecule has 0 atom stereocenters. The van der Waals surface area contributed by atoms with E-state index in [9.17, 15) is 0 Å². The van der Waals surface area contributed by atoms with Crippen molar-refractivity contribution in [1.29, 1.82) is 0 Å². The van der Waals surface area contributed by atoms with E-state index in [-0.39, 0.29) is 0 Å². The van der Waals surface area contributed by atoms with E-state index in [2.05, 4.69) is 144 Å². The predicted octanol–water partition coefficient (Wildman–Crippen LogP) is 10.4. The molecule has 0 spiro atoms. The highest BCUT2D eigenvalue weighted by molar-refractivity contribution is 6.16. The second-order valence-electron chi connectivity index (χ2n) is 10.6. The molecular formula is C38H23N. The first-order valence-corrected chi connectivity index (χ1v) is 13.5. The summed E-state index contributed by atoms with van der Waals surface area (Å²) in [5.41, 5.74) is 11.5. The Morgan fingerprint density at radius 1 is 0.359 bits per heavy atom. The highest BCUT2D eigenvalue weighted by Gasteiger charge is 2.21. The summed E-state index contributed by atoms with van der Waals surface area (Å²) in [6, 6.07) is 51.3. The van der Waals surface area contributed by atoms with E-state index in [1.165, 1.54) is 82.4 Å². The number of hydrogen-bond donors (Lipinski definition) is 0. The minimum atomic E-state index is 1.18. The van der Waals surface area contributed by atoms with Crippen LogP contribution in [0.15, 0.2) is 140 Å². The molecule has 180 valence electrons. The predicted molar refractivity (Wildman–Crippen MR) is 166 cm³/mol. The summed E-state index contributed by atoms with van der Waals surface area (Å²) in [5.74, 6) is 0. The molecule has 1 heterocycles. The van der Waals surface area contributed by atoms with Gasteiger partial charge in [-0.3, -0.25) is 0 Å². The molecule has 0 amide bonds. The van der Waals surface area contributed by atoms with Gasteiger partial charge in [0.2, 0.25) is 0 Å². The molecule has 1 nitrogen and oxygen atoms in total. The highest BCUT2D eigenvalue weighted by Crippen LogP contribution is 2.48. The highest BCUT2D eigenvalue weighted by atomic mass is 15.0. The second kappa shape index (κ2) is 7.69. The minimum absolute atomic E-state index is 1.18. The standard InChI is InChI=1S/C38H23N/c1-2-9-26-23-37-34(21-25(26)8-1)32-13-5-6-15-36(32)39(37)29-18-16-24(17-19-29)28-20-27-10-7-14-33-30-11-3-4-12-31(30)35(22-28)38(27)33/h1-23H. The van der Waals surface area contributed by atoms with Gasteiger partial charge in [-0.25, -0.2) is 0 Å². The molecule has 9 rings (SSSR count). The SMILES string of the molecule is c1ccc2c(c1)-c1cccc3cc(-c4ccc(-n5c6ccccc6c6cc7ccccc7cc65)cc4)cc-2c13. The Labute approximate surface area is 226 Å². The number of nitrogens with zero attached hydrogens (tertiary/aromatic N) is 1. The quantitative estimate of drug-likeness (QED) is 0.226. The summed E-state index contributed by atoms with van der Waals surface area (Å²) in [7, 11) is 0. The van der Waals surface area contributed by atoms with Gasteiger partial charge in [0.15, 0.2) is 0 Å². The van der Waals surface area contributed by atoms with Gasteiger partial charge in [-0.05, 0) is 97.4 Å². The van der Waals surface area contributed by atoms with Gasteiger partial charge < -0.3 is 4.57 Å². The van der Waals surface area contributed by atoms with Gasteiger partial charge in [0.05, 0.1) is 11.0 Å². The lowest BCUT2D eigenvalue weighted by atomic mass is 9.96. The Kier molecular flexibility index (Phi) is 4.11. The van der Waals surface area contributed by atoms with Crippen molar-refractivity contribution in [3.8, 4) is 39.1 Å². The van der Waals surface area contributed by atoms with Gasteiger partial charge in [0, 0.05) is 16.5 Å². The fourth-order valence-electron chi connectivity index (χ4n) is 6.72. The van der Waals surface area contributed by atoms with E-state index in [1.54, 1.807) is 0 Å². The van der Waals surface area contributed by atoms with Crippen LogP contribution in [0.25, 0.3) is 82.4 Å². The molecule has 1 aliphatic carbocycles.